The molecule has 1 aliphatic carbocycles. The Bertz CT molecular complexity index is 188. The molecular weight excluding hydrogens is 202 g/mol. The maximum Gasteiger partial charge on any atom is 0.0591 e. The first-order chi connectivity index (χ1) is 7.84. The summed E-state index contributed by atoms with van der Waals surface area (Å²) in [7, 11) is 0. The molecule has 0 radical (unpaired) electrons. The van der Waals surface area contributed by atoms with Gasteiger partial charge in [0.05, 0.1) is 12.7 Å². The third kappa shape index (κ3) is 4.81. The molecule has 0 spiro atoms. The van der Waals surface area contributed by atoms with Gasteiger partial charge in [0, 0.05) is 25.8 Å². The summed E-state index contributed by atoms with van der Waals surface area (Å²) in [5, 5.41) is 3.50. The van der Waals surface area contributed by atoms with Crippen molar-refractivity contribution >= 4 is 0 Å². The van der Waals surface area contributed by atoms with E-state index >= 15 is 0 Å². The minimum Gasteiger partial charge on any atom is -0.380 e. The van der Waals surface area contributed by atoms with Crippen molar-refractivity contribution in [3.05, 3.63) is 0 Å². The van der Waals surface area contributed by atoms with E-state index in [-0.39, 0.29) is 0 Å². The van der Waals surface area contributed by atoms with Crippen LogP contribution in [0, 0.1) is 5.92 Å². The van der Waals surface area contributed by atoms with Gasteiger partial charge in [-0.1, -0.05) is 0 Å². The van der Waals surface area contributed by atoms with Crippen molar-refractivity contribution in [2.45, 2.75) is 51.2 Å². The summed E-state index contributed by atoms with van der Waals surface area (Å²) in [6.07, 6.45) is 6.87. The average molecular weight is 227 g/mol. The molecule has 0 aromatic heterocycles. The largest absolute Gasteiger partial charge is 0.380 e. The molecule has 1 saturated carbocycles. The normalized spacial score (nSPS) is 27.2. The second-order valence-corrected chi connectivity index (χ2v) is 5.24. The van der Waals surface area contributed by atoms with Crippen LogP contribution in [0.25, 0.3) is 0 Å². The first kappa shape index (κ1) is 12.3. The highest BCUT2D eigenvalue weighted by Gasteiger charge is 2.21. The molecule has 2 unspecified atom stereocenters. The van der Waals surface area contributed by atoms with Crippen molar-refractivity contribution in [2.24, 2.45) is 5.92 Å². The van der Waals surface area contributed by atoms with Crippen LogP contribution in [0.1, 0.15) is 39.0 Å². The third-order valence-electron chi connectivity index (χ3n) is 3.43. The zero-order chi connectivity index (χ0) is 11.2. The van der Waals surface area contributed by atoms with Crippen LogP contribution in [0.2, 0.25) is 0 Å². The van der Waals surface area contributed by atoms with Gasteiger partial charge < -0.3 is 14.8 Å². The van der Waals surface area contributed by atoms with Crippen molar-refractivity contribution in [1.29, 1.82) is 0 Å². The van der Waals surface area contributed by atoms with Gasteiger partial charge in [0.25, 0.3) is 0 Å². The summed E-state index contributed by atoms with van der Waals surface area (Å²) in [5.41, 5.74) is 0. The summed E-state index contributed by atoms with van der Waals surface area (Å²) in [6.45, 7) is 6.00. The Balaban J connectivity index is 1.41. The molecule has 1 heterocycles. The third-order valence-corrected chi connectivity index (χ3v) is 3.43. The van der Waals surface area contributed by atoms with Crippen LogP contribution >= 0.6 is 0 Å². The lowest BCUT2D eigenvalue weighted by Gasteiger charge is -2.17. The highest BCUT2D eigenvalue weighted by Crippen LogP contribution is 2.28. The van der Waals surface area contributed by atoms with E-state index in [1.807, 2.05) is 0 Å². The smallest absolute Gasteiger partial charge is 0.0591 e. The summed E-state index contributed by atoms with van der Waals surface area (Å²) in [6, 6.07) is 0.549. The van der Waals surface area contributed by atoms with E-state index in [9.17, 15) is 0 Å². The van der Waals surface area contributed by atoms with Gasteiger partial charge in [-0.2, -0.15) is 0 Å². The Morgan fingerprint density at radius 2 is 2.25 bits per heavy atom. The fourth-order valence-electron chi connectivity index (χ4n) is 2.22. The van der Waals surface area contributed by atoms with E-state index < -0.39 is 0 Å². The SMILES string of the molecule is CC(CC1CCCO1)NCCOCC1CC1. The predicted octanol–water partition coefficient (Wildman–Crippen LogP) is 1.96. The number of hydrogen-bond donors (Lipinski definition) is 1. The predicted molar refractivity (Wildman–Crippen MR) is 64.6 cm³/mol. The van der Waals surface area contributed by atoms with E-state index in [1.54, 1.807) is 0 Å². The summed E-state index contributed by atoms with van der Waals surface area (Å²) in [4.78, 5) is 0. The van der Waals surface area contributed by atoms with Crippen LogP contribution in [-0.2, 0) is 9.47 Å². The topological polar surface area (TPSA) is 30.5 Å². The minimum atomic E-state index is 0.495. The van der Waals surface area contributed by atoms with E-state index in [2.05, 4.69) is 12.2 Å². The number of ether oxygens (including phenoxy) is 2. The Labute approximate surface area is 98.9 Å². The molecule has 0 amide bonds. The van der Waals surface area contributed by atoms with Crippen LogP contribution in [0.4, 0.5) is 0 Å². The Morgan fingerprint density at radius 3 is 2.94 bits per heavy atom. The Hall–Kier alpha value is -0.120. The van der Waals surface area contributed by atoms with Crippen LogP contribution in [-0.4, -0.2) is 38.5 Å². The van der Waals surface area contributed by atoms with E-state index in [0.717, 1.165) is 38.7 Å². The number of nitrogens with one attached hydrogen (secondary N) is 1. The second-order valence-electron chi connectivity index (χ2n) is 5.24. The van der Waals surface area contributed by atoms with Crippen molar-refractivity contribution in [3.8, 4) is 0 Å². The summed E-state index contributed by atoms with van der Waals surface area (Å²) in [5.74, 6) is 0.879. The van der Waals surface area contributed by atoms with E-state index in [0.29, 0.717) is 12.1 Å². The Kier molecular flexibility index (Phi) is 5.07. The average Bonchev–Trinajstić information content (AvgIpc) is 2.95. The van der Waals surface area contributed by atoms with E-state index in [4.69, 9.17) is 9.47 Å². The molecule has 3 heteroatoms. The highest BCUT2D eigenvalue weighted by molar-refractivity contribution is 4.73. The lowest BCUT2D eigenvalue weighted by Crippen LogP contribution is -2.32. The van der Waals surface area contributed by atoms with Crippen molar-refractivity contribution in [1.82, 2.24) is 5.32 Å². The van der Waals surface area contributed by atoms with Crippen LogP contribution < -0.4 is 5.32 Å². The molecular formula is C13H25NO2. The lowest BCUT2D eigenvalue weighted by molar-refractivity contribution is 0.0921. The van der Waals surface area contributed by atoms with Crippen molar-refractivity contribution in [3.63, 3.8) is 0 Å². The minimum absolute atomic E-state index is 0.495. The first-order valence-corrected chi connectivity index (χ1v) is 6.77. The highest BCUT2D eigenvalue weighted by atomic mass is 16.5. The van der Waals surface area contributed by atoms with Gasteiger partial charge in [0.1, 0.15) is 0 Å². The van der Waals surface area contributed by atoms with Gasteiger partial charge in [-0.15, -0.1) is 0 Å². The molecule has 0 aromatic rings. The molecule has 0 bridgehead atoms. The summed E-state index contributed by atoms with van der Waals surface area (Å²) < 4.78 is 11.2. The molecule has 0 aromatic carbocycles. The maximum atomic E-state index is 5.62. The number of rotatable bonds is 8. The van der Waals surface area contributed by atoms with Crippen molar-refractivity contribution in [2.75, 3.05) is 26.4 Å². The Morgan fingerprint density at radius 1 is 1.38 bits per heavy atom. The maximum absolute atomic E-state index is 5.62. The van der Waals surface area contributed by atoms with Crippen LogP contribution in [0.15, 0.2) is 0 Å². The monoisotopic (exact) mass is 227 g/mol. The molecule has 2 fully saturated rings. The second kappa shape index (κ2) is 6.58. The lowest BCUT2D eigenvalue weighted by atomic mass is 10.1. The van der Waals surface area contributed by atoms with Gasteiger partial charge in [-0.3, -0.25) is 0 Å². The molecule has 1 N–H and O–H groups in total. The molecule has 3 nitrogen and oxygen atoms in total. The van der Waals surface area contributed by atoms with Gasteiger partial charge in [-0.25, -0.2) is 0 Å². The number of hydrogen-bond acceptors (Lipinski definition) is 3. The molecule has 1 aliphatic heterocycles. The quantitative estimate of drug-likeness (QED) is 0.643. The molecule has 16 heavy (non-hydrogen) atoms. The zero-order valence-corrected chi connectivity index (χ0v) is 10.4. The van der Waals surface area contributed by atoms with Crippen LogP contribution in [0.3, 0.4) is 0 Å². The fraction of sp³-hybridized carbons (Fsp3) is 1.00. The van der Waals surface area contributed by atoms with Gasteiger partial charge in [0.2, 0.25) is 0 Å². The van der Waals surface area contributed by atoms with Gasteiger partial charge in [0.15, 0.2) is 0 Å². The molecule has 1 saturated heterocycles. The fourth-order valence-corrected chi connectivity index (χ4v) is 2.22. The van der Waals surface area contributed by atoms with E-state index in [1.165, 1.54) is 25.7 Å². The van der Waals surface area contributed by atoms with Crippen molar-refractivity contribution < 1.29 is 9.47 Å². The summed E-state index contributed by atoms with van der Waals surface area (Å²) >= 11 is 0. The molecule has 94 valence electrons. The molecule has 2 rings (SSSR count). The standard InChI is InChI=1S/C13H25NO2/c1-11(9-13-3-2-7-16-13)14-6-8-15-10-12-4-5-12/h11-14H,2-10H2,1H3. The molecule has 2 atom stereocenters. The van der Waals surface area contributed by atoms with Gasteiger partial charge in [-0.05, 0) is 44.9 Å². The zero-order valence-electron chi connectivity index (χ0n) is 10.4. The van der Waals surface area contributed by atoms with Gasteiger partial charge >= 0.3 is 0 Å². The molecule has 2 aliphatic rings. The first-order valence-electron chi connectivity index (χ1n) is 6.77. The van der Waals surface area contributed by atoms with Crippen LogP contribution in [0.5, 0.6) is 0 Å².